The molecule has 0 amide bonds. The van der Waals surface area contributed by atoms with Crippen LogP contribution in [0.5, 0.6) is 0 Å². The van der Waals surface area contributed by atoms with Crippen molar-refractivity contribution in [2.45, 2.75) is 13.3 Å². The van der Waals surface area contributed by atoms with E-state index >= 15 is 0 Å². The average molecular weight is 164 g/mol. The Bertz CT molecular complexity index is 246. The van der Waals surface area contributed by atoms with Gasteiger partial charge in [-0.3, -0.25) is 9.78 Å². The smallest absolute Gasteiger partial charge is 0.310 e. The van der Waals surface area contributed by atoms with E-state index in [0.29, 0.717) is 6.61 Å². The lowest BCUT2D eigenvalue weighted by Crippen LogP contribution is -2.07. The molecule has 12 heavy (non-hydrogen) atoms. The highest BCUT2D eigenvalue weighted by atomic mass is 16.5. The largest absolute Gasteiger partial charge is 0.466 e. The third kappa shape index (κ3) is 2.70. The summed E-state index contributed by atoms with van der Waals surface area (Å²) in [5, 5.41) is 0. The molecule has 0 saturated heterocycles. The Kier molecular flexibility index (Phi) is 3.26. The van der Waals surface area contributed by atoms with Crippen molar-refractivity contribution in [1.82, 2.24) is 4.98 Å². The van der Waals surface area contributed by atoms with Crippen LogP contribution in [-0.4, -0.2) is 17.6 Å². The number of rotatable bonds is 3. The molecule has 0 aliphatic rings. The lowest BCUT2D eigenvalue weighted by atomic mass is 10.2. The molecule has 0 atom stereocenters. The Morgan fingerprint density at radius 2 is 2.58 bits per heavy atom. The molecule has 1 radical (unpaired) electrons. The molecular weight excluding hydrogens is 154 g/mol. The maximum absolute atomic E-state index is 10.9. The van der Waals surface area contributed by atoms with Gasteiger partial charge in [0.15, 0.2) is 0 Å². The standard InChI is InChI=1S/C9H10NO2/c1-2-12-9(11)6-8-4-3-5-10-7-8/h3-5H,2,6H2,1H3. The second kappa shape index (κ2) is 4.49. The van der Waals surface area contributed by atoms with E-state index in [4.69, 9.17) is 4.74 Å². The Labute approximate surface area is 71.4 Å². The summed E-state index contributed by atoms with van der Waals surface area (Å²) in [5.74, 6) is -0.234. The topological polar surface area (TPSA) is 39.2 Å². The Morgan fingerprint density at radius 1 is 1.75 bits per heavy atom. The maximum Gasteiger partial charge on any atom is 0.310 e. The Balaban J connectivity index is 2.47. The van der Waals surface area contributed by atoms with Crippen molar-refractivity contribution in [2.75, 3.05) is 6.61 Å². The highest BCUT2D eigenvalue weighted by Crippen LogP contribution is 1.97. The highest BCUT2D eigenvalue weighted by molar-refractivity contribution is 5.72. The van der Waals surface area contributed by atoms with Crippen molar-refractivity contribution in [3.63, 3.8) is 0 Å². The van der Waals surface area contributed by atoms with Gasteiger partial charge in [-0.25, -0.2) is 0 Å². The highest BCUT2D eigenvalue weighted by Gasteiger charge is 2.02. The molecule has 1 heterocycles. The minimum absolute atomic E-state index is 0.234. The minimum Gasteiger partial charge on any atom is -0.466 e. The van der Waals surface area contributed by atoms with Crippen LogP contribution in [0.1, 0.15) is 12.5 Å². The van der Waals surface area contributed by atoms with Crippen molar-refractivity contribution in [3.8, 4) is 0 Å². The molecule has 0 fully saturated rings. The maximum atomic E-state index is 10.9. The van der Waals surface area contributed by atoms with Crippen molar-refractivity contribution in [2.24, 2.45) is 0 Å². The molecule has 1 aromatic heterocycles. The lowest BCUT2D eigenvalue weighted by molar-refractivity contribution is -0.142. The second-order valence-electron chi connectivity index (χ2n) is 2.26. The molecule has 0 spiro atoms. The van der Waals surface area contributed by atoms with Crippen molar-refractivity contribution in [3.05, 3.63) is 30.1 Å². The summed E-state index contributed by atoms with van der Waals surface area (Å²) in [6.45, 7) is 2.20. The first-order chi connectivity index (χ1) is 5.83. The second-order valence-corrected chi connectivity index (χ2v) is 2.26. The van der Waals surface area contributed by atoms with Crippen LogP contribution >= 0.6 is 0 Å². The van der Waals surface area contributed by atoms with E-state index < -0.39 is 0 Å². The predicted octanol–water partition coefficient (Wildman–Crippen LogP) is 0.987. The number of pyridine rings is 1. The summed E-state index contributed by atoms with van der Waals surface area (Å²) in [7, 11) is 0. The van der Waals surface area contributed by atoms with Crippen molar-refractivity contribution < 1.29 is 9.53 Å². The number of esters is 1. The fraction of sp³-hybridized carbons (Fsp3) is 0.333. The number of carbonyl (C=O) groups is 1. The minimum atomic E-state index is -0.234. The van der Waals surface area contributed by atoms with Gasteiger partial charge in [-0.15, -0.1) is 0 Å². The molecule has 0 bridgehead atoms. The van der Waals surface area contributed by atoms with Crippen LogP contribution < -0.4 is 0 Å². The van der Waals surface area contributed by atoms with Gasteiger partial charge in [-0.1, -0.05) is 6.07 Å². The van der Waals surface area contributed by atoms with E-state index in [9.17, 15) is 4.79 Å². The number of nitrogens with zero attached hydrogens (tertiary/aromatic N) is 1. The molecule has 0 aliphatic heterocycles. The van der Waals surface area contributed by atoms with Crippen LogP contribution in [0.2, 0.25) is 0 Å². The number of ether oxygens (including phenoxy) is 1. The number of aromatic nitrogens is 1. The fourth-order valence-corrected chi connectivity index (χ4v) is 0.826. The van der Waals surface area contributed by atoms with E-state index in [1.165, 1.54) is 0 Å². The van der Waals surface area contributed by atoms with E-state index in [1.807, 2.05) is 0 Å². The summed E-state index contributed by atoms with van der Waals surface area (Å²) in [6.07, 6.45) is 4.58. The number of hydrogen-bond donors (Lipinski definition) is 0. The molecule has 3 nitrogen and oxygen atoms in total. The molecule has 1 rings (SSSR count). The van der Waals surface area contributed by atoms with Gasteiger partial charge in [-0.05, 0) is 18.6 Å². The van der Waals surface area contributed by atoms with Crippen LogP contribution in [0.15, 0.2) is 18.3 Å². The predicted molar refractivity (Wildman–Crippen MR) is 43.4 cm³/mol. The first-order valence-corrected chi connectivity index (χ1v) is 3.80. The number of carbonyl (C=O) groups excluding carboxylic acids is 1. The van der Waals surface area contributed by atoms with Gasteiger partial charge in [0.2, 0.25) is 0 Å². The van der Waals surface area contributed by atoms with E-state index in [-0.39, 0.29) is 12.4 Å². The lowest BCUT2D eigenvalue weighted by Gasteiger charge is -1.99. The van der Waals surface area contributed by atoms with E-state index in [1.54, 1.807) is 25.3 Å². The van der Waals surface area contributed by atoms with Gasteiger partial charge in [0.05, 0.1) is 19.2 Å². The summed E-state index contributed by atoms with van der Waals surface area (Å²) >= 11 is 0. The molecule has 3 heteroatoms. The molecule has 0 aromatic carbocycles. The normalized spacial score (nSPS) is 9.42. The first-order valence-electron chi connectivity index (χ1n) is 3.80. The third-order valence-electron chi connectivity index (χ3n) is 1.31. The summed E-state index contributed by atoms with van der Waals surface area (Å²) in [6, 6.07) is 3.56. The zero-order valence-electron chi connectivity index (χ0n) is 6.91. The molecule has 63 valence electrons. The van der Waals surface area contributed by atoms with Crippen LogP contribution in [0, 0.1) is 6.20 Å². The van der Waals surface area contributed by atoms with Gasteiger partial charge < -0.3 is 4.74 Å². The zero-order chi connectivity index (χ0) is 8.81. The van der Waals surface area contributed by atoms with Gasteiger partial charge >= 0.3 is 5.97 Å². The van der Waals surface area contributed by atoms with Crippen molar-refractivity contribution >= 4 is 5.97 Å². The van der Waals surface area contributed by atoms with Crippen molar-refractivity contribution in [1.29, 1.82) is 0 Å². The van der Waals surface area contributed by atoms with Gasteiger partial charge in [0.25, 0.3) is 0 Å². The molecule has 0 aliphatic carbocycles. The summed E-state index contributed by atoms with van der Waals surface area (Å²) in [5.41, 5.74) is 0.760. The van der Waals surface area contributed by atoms with Crippen LogP contribution in [-0.2, 0) is 16.0 Å². The molecule has 0 unspecified atom stereocenters. The number of hydrogen-bond acceptors (Lipinski definition) is 3. The monoisotopic (exact) mass is 164 g/mol. The summed E-state index contributed by atoms with van der Waals surface area (Å²) < 4.78 is 4.76. The average Bonchev–Trinajstić information content (AvgIpc) is 2.06. The Morgan fingerprint density at radius 3 is 3.17 bits per heavy atom. The zero-order valence-corrected chi connectivity index (χ0v) is 6.91. The SMILES string of the molecule is CCOC(=O)Cc1[c]nccc1. The quantitative estimate of drug-likeness (QED) is 0.625. The molecule has 0 N–H and O–H groups in total. The van der Waals surface area contributed by atoms with Crippen LogP contribution in [0.25, 0.3) is 0 Å². The first kappa shape index (κ1) is 8.71. The van der Waals surface area contributed by atoms with E-state index in [2.05, 4.69) is 11.2 Å². The molecule has 0 saturated carbocycles. The summed E-state index contributed by atoms with van der Waals surface area (Å²) in [4.78, 5) is 14.7. The van der Waals surface area contributed by atoms with E-state index in [0.717, 1.165) is 5.56 Å². The van der Waals surface area contributed by atoms with Gasteiger partial charge in [-0.2, -0.15) is 0 Å². The molecular formula is C9H10NO2. The molecule has 1 aromatic rings. The van der Waals surface area contributed by atoms with Crippen LogP contribution in [0.3, 0.4) is 0 Å². The Hall–Kier alpha value is -1.38. The van der Waals surface area contributed by atoms with Crippen LogP contribution in [0.4, 0.5) is 0 Å². The third-order valence-corrected chi connectivity index (χ3v) is 1.31. The van der Waals surface area contributed by atoms with Gasteiger partial charge in [0.1, 0.15) is 0 Å². The fourth-order valence-electron chi connectivity index (χ4n) is 0.826. The van der Waals surface area contributed by atoms with Gasteiger partial charge in [0, 0.05) is 6.20 Å².